The van der Waals surface area contributed by atoms with Crippen LogP contribution in [0.25, 0.3) is 0 Å². The van der Waals surface area contributed by atoms with Gasteiger partial charge in [-0.3, -0.25) is 4.79 Å². The van der Waals surface area contributed by atoms with Gasteiger partial charge in [-0.15, -0.1) is 0 Å². The van der Waals surface area contributed by atoms with Crippen molar-refractivity contribution in [1.82, 2.24) is 9.80 Å². The lowest BCUT2D eigenvalue weighted by atomic mass is 10.1. The van der Waals surface area contributed by atoms with Crippen molar-refractivity contribution in [3.63, 3.8) is 0 Å². The molecule has 0 aromatic carbocycles. The number of carbonyl (C=O) groups excluding carboxylic acids is 1. The van der Waals surface area contributed by atoms with Crippen molar-refractivity contribution < 1.29 is 9.53 Å². The van der Waals surface area contributed by atoms with Crippen LogP contribution < -0.4 is 0 Å². The third kappa shape index (κ3) is 12.8. The highest BCUT2D eigenvalue weighted by Crippen LogP contribution is 2.09. The van der Waals surface area contributed by atoms with Crippen LogP contribution in [0.4, 0.5) is 0 Å². The van der Waals surface area contributed by atoms with Crippen molar-refractivity contribution in [2.45, 2.75) is 72.6 Å². The van der Waals surface area contributed by atoms with E-state index in [4.69, 9.17) is 4.74 Å². The Morgan fingerprint density at radius 3 is 1.96 bits per heavy atom. The number of Topliss-reactive ketones (excluding diaryl/α,β-unsaturated/α-hetero) is 1. The van der Waals surface area contributed by atoms with Crippen LogP contribution in [0.5, 0.6) is 0 Å². The molecule has 0 bridgehead atoms. The molecule has 0 saturated carbocycles. The van der Waals surface area contributed by atoms with Crippen LogP contribution in [-0.4, -0.2) is 68.1 Å². The lowest BCUT2D eigenvalue weighted by Crippen LogP contribution is -2.46. The van der Waals surface area contributed by atoms with Gasteiger partial charge >= 0.3 is 0 Å². The maximum Gasteiger partial charge on any atom is 0.132 e. The molecule has 1 fully saturated rings. The zero-order valence-electron chi connectivity index (χ0n) is 18.0. The predicted molar refractivity (Wildman–Crippen MR) is 111 cm³/mol. The van der Waals surface area contributed by atoms with Gasteiger partial charge in [0.05, 0.1) is 0 Å². The van der Waals surface area contributed by atoms with E-state index in [-0.39, 0.29) is 0 Å². The van der Waals surface area contributed by atoms with E-state index >= 15 is 0 Å². The second kappa shape index (κ2) is 14.6. The molecule has 0 aliphatic carbocycles. The third-order valence-electron chi connectivity index (χ3n) is 5.25. The topological polar surface area (TPSA) is 32.8 Å². The van der Waals surface area contributed by atoms with E-state index in [0.717, 1.165) is 57.8 Å². The molecule has 0 N–H and O–H groups in total. The van der Waals surface area contributed by atoms with Crippen molar-refractivity contribution in [2.75, 3.05) is 52.5 Å². The van der Waals surface area contributed by atoms with E-state index in [1.54, 1.807) is 0 Å². The Balaban J connectivity index is 1.91. The van der Waals surface area contributed by atoms with Crippen LogP contribution in [0, 0.1) is 11.8 Å². The van der Waals surface area contributed by atoms with Crippen molar-refractivity contribution in [1.29, 1.82) is 0 Å². The Labute approximate surface area is 162 Å². The summed E-state index contributed by atoms with van der Waals surface area (Å²) in [6, 6.07) is 0. The van der Waals surface area contributed by atoms with Gasteiger partial charge in [-0.25, -0.2) is 0 Å². The van der Waals surface area contributed by atoms with Gasteiger partial charge in [0.25, 0.3) is 0 Å². The Morgan fingerprint density at radius 1 is 0.769 bits per heavy atom. The molecule has 154 valence electrons. The quantitative estimate of drug-likeness (QED) is 0.405. The van der Waals surface area contributed by atoms with Crippen molar-refractivity contribution in [3.8, 4) is 0 Å². The SMILES string of the molecule is CC(C)CCOCCCC(=O)CCCCN1CCN(CCC(C)C)CC1. The number of ketones is 1. The minimum Gasteiger partial charge on any atom is -0.381 e. The normalized spacial score (nSPS) is 16.7. The molecule has 1 aliphatic heterocycles. The van der Waals surface area contributed by atoms with E-state index in [9.17, 15) is 4.79 Å². The second-order valence-corrected chi connectivity index (χ2v) is 8.76. The molecule has 0 unspecified atom stereocenters. The number of rotatable bonds is 15. The number of piperazine rings is 1. The molecule has 0 amide bonds. The second-order valence-electron chi connectivity index (χ2n) is 8.76. The molecule has 1 heterocycles. The molecule has 26 heavy (non-hydrogen) atoms. The first-order valence-electron chi connectivity index (χ1n) is 11.0. The molecule has 4 heteroatoms. The molecule has 1 rings (SSSR count). The minimum absolute atomic E-state index is 0.413. The number of carbonyl (C=O) groups is 1. The van der Waals surface area contributed by atoms with Crippen LogP contribution >= 0.6 is 0 Å². The molecule has 0 aromatic rings. The average molecular weight is 369 g/mol. The van der Waals surface area contributed by atoms with Gasteiger partial charge in [0.2, 0.25) is 0 Å². The lowest BCUT2D eigenvalue weighted by molar-refractivity contribution is -0.119. The molecule has 0 atom stereocenters. The van der Waals surface area contributed by atoms with Crippen LogP contribution in [0.2, 0.25) is 0 Å². The fourth-order valence-electron chi connectivity index (χ4n) is 3.25. The average Bonchev–Trinajstić information content (AvgIpc) is 2.60. The summed E-state index contributed by atoms with van der Waals surface area (Å²) in [5, 5.41) is 0. The Hall–Kier alpha value is -0.450. The predicted octanol–water partition coefficient (Wildman–Crippen LogP) is 4.23. The van der Waals surface area contributed by atoms with Gasteiger partial charge in [-0.1, -0.05) is 27.7 Å². The molecule has 1 saturated heterocycles. The Kier molecular flexibility index (Phi) is 13.2. The van der Waals surface area contributed by atoms with Crippen LogP contribution in [-0.2, 0) is 9.53 Å². The minimum atomic E-state index is 0.413. The highest BCUT2D eigenvalue weighted by Gasteiger charge is 2.16. The van der Waals surface area contributed by atoms with E-state index < -0.39 is 0 Å². The zero-order valence-corrected chi connectivity index (χ0v) is 18.0. The summed E-state index contributed by atoms with van der Waals surface area (Å²) in [7, 11) is 0. The summed E-state index contributed by atoms with van der Waals surface area (Å²) in [5.41, 5.74) is 0. The summed E-state index contributed by atoms with van der Waals surface area (Å²) in [5.74, 6) is 1.91. The fourth-order valence-corrected chi connectivity index (χ4v) is 3.25. The first-order chi connectivity index (χ1) is 12.5. The largest absolute Gasteiger partial charge is 0.381 e. The smallest absolute Gasteiger partial charge is 0.132 e. The Bertz CT molecular complexity index is 350. The highest BCUT2D eigenvalue weighted by atomic mass is 16.5. The molecular formula is C22H44N2O2. The van der Waals surface area contributed by atoms with Gasteiger partial charge in [0, 0.05) is 52.2 Å². The standard InChI is InChI=1S/C22H44N2O2/c1-20(2)10-13-24-16-14-23(15-17-24)12-6-5-8-22(25)9-7-18-26-19-11-21(3)4/h20-21H,5-19H2,1-4H3. The van der Waals surface area contributed by atoms with E-state index in [0.29, 0.717) is 18.1 Å². The number of unbranched alkanes of at least 4 members (excludes halogenated alkanes) is 1. The summed E-state index contributed by atoms with van der Waals surface area (Å²) < 4.78 is 5.58. The monoisotopic (exact) mass is 368 g/mol. The number of hydrogen-bond donors (Lipinski definition) is 0. The van der Waals surface area contributed by atoms with E-state index in [2.05, 4.69) is 37.5 Å². The third-order valence-corrected chi connectivity index (χ3v) is 5.25. The summed E-state index contributed by atoms with van der Waals surface area (Å²) >= 11 is 0. The fraction of sp³-hybridized carbons (Fsp3) is 0.955. The van der Waals surface area contributed by atoms with Gasteiger partial charge < -0.3 is 14.5 Å². The van der Waals surface area contributed by atoms with Crippen molar-refractivity contribution >= 4 is 5.78 Å². The van der Waals surface area contributed by atoms with Crippen LogP contribution in [0.1, 0.15) is 72.6 Å². The van der Waals surface area contributed by atoms with Crippen molar-refractivity contribution in [3.05, 3.63) is 0 Å². The maximum absolute atomic E-state index is 11.9. The van der Waals surface area contributed by atoms with Gasteiger partial charge in [0.15, 0.2) is 0 Å². The lowest BCUT2D eigenvalue weighted by Gasteiger charge is -2.35. The molecule has 0 spiro atoms. The number of hydrogen-bond acceptors (Lipinski definition) is 4. The zero-order chi connectivity index (χ0) is 19.2. The van der Waals surface area contributed by atoms with E-state index in [1.165, 1.54) is 39.1 Å². The van der Waals surface area contributed by atoms with E-state index in [1.807, 2.05) is 0 Å². The molecule has 4 nitrogen and oxygen atoms in total. The summed E-state index contributed by atoms with van der Waals surface area (Å²) in [6.45, 7) is 17.8. The van der Waals surface area contributed by atoms with Gasteiger partial charge in [-0.05, 0) is 57.0 Å². The van der Waals surface area contributed by atoms with Crippen LogP contribution in [0.3, 0.4) is 0 Å². The molecule has 1 aliphatic rings. The first kappa shape index (κ1) is 23.6. The maximum atomic E-state index is 11.9. The van der Waals surface area contributed by atoms with Crippen LogP contribution in [0.15, 0.2) is 0 Å². The van der Waals surface area contributed by atoms with Crippen molar-refractivity contribution in [2.24, 2.45) is 11.8 Å². The number of nitrogens with zero attached hydrogens (tertiary/aromatic N) is 2. The number of ether oxygens (including phenoxy) is 1. The molecular weight excluding hydrogens is 324 g/mol. The first-order valence-corrected chi connectivity index (χ1v) is 11.0. The Morgan fingerprint density at radius 2 is 1.35 bits per heavy atom. The molecule has 0 aromatic heterocycles. The van der Waals surface area contributed by atoms with Gasteiger partial charge in [-0.2, -0.15) is 0 Å². The summed E-state index contributed by atoms with van der Waals surface area (Å²) in [4.78, 5) is 17.1. The van der Waals surface area contributed by atoms with Gasteiger partial charge in [0.1, 0.15) is 5.78 Å². The molecule has 0 radical (unpaired) electrons. The highest BCUT2D eigenvalue weighted by molar-refractivity contribution is 5.78. The summed E-state index contributed by atoms with van der Waals surface area (Å²) in [6.07, 6.45) is 6.94.